The van der Waals surface area contributed by atoms with Crippen molar-refractivity contribution in [3.05, 3.63) is 35.8 Å². The Morgan fingerprint density at radius 3 is 2.18 bits per heavy atom. The molecule has 4 nitrogen and oxygen atoms in total. The van der Waals surface area contributed by atoms with Crippen LogP contribution in [0.3, 0.4) is 0 Å². The van der Waals surface area contributed by atoms with Gasteiger partial charge in [0, 0.05) is 43.4 Å². The second-order valence-electron chi connectivity index (χ2n) is 4.83. The maximum Gasteiger partial charge on any atom is 0.573 e. The molecule has 0 unspecified atom stereocenters. The summed E-state index contributed by atoms with van der Waals surface area (Å²) >= 11 is 1.61. The lowest BCUT2D eigenvalue weighted by molar-refractivity contribution is -0.274. The molecule has 3 rings (SSSR count). The van der Waals surface area contributed by atoms with Gasteiger partial charge in [-0.3, -0.25) is 0 Å². The minimum atomic E-state index is -4.65. The fourth-order valence-corrected chi connectivity index (χ4v) is 3.08. The normalized spacial score (nSPS) is 16.0. The van der Waals surface area contributed by atoms with Gasteiger partial charge in [0.1, 0.15) is 5.75 Å². The first-order valence-corrected chi connectivity index (χ1v) is 7.64. The van der Waals surface area contributed by atoms with Crippen molar-refractivity contribution in [2.75, 3.05) is 36.0 Å². The van der Waals surface area contributed by atoms with Gasteiger partial charge in [-0.2, -0.15) is 0 Å². The molecule has 1 aromatic carbocycles. The van der Waals surface area contributed by atoms with Gasteiger partial charge < -0.3 is 14.5 Å². The van der Waals surface area contributed by atoms with E-state index in [2.05, 4.69) is 19.5 Å². The first-order valence-electron chi connectivity index (χ1n) is 6.76. The van der Waals surface area contributed by atoms with Crippen molar-refractivity contribution in [3.8, 4) is 5.75 Å². The molecule has 0 atom stereocenters. The van der Waals surface area contributed by atoms with E-state index in [0.29, 0.717) is 0 Å². The number of thiazole rings is 1. The smallest absolute Gasteiger partial charge is 0.406 e. The average molecular weight is 329 g/mol. The van der Waals surface area contributed by atoms with Crippen LogP contribution in [0.5, 0.6) is 5.75 Å². The van der Waals surface area contributed by atoms with Crippen LogP contribution in [0, 0.1) is 0 Å². The lowest BCUT2D eigenvalue weighted by atomic mass is 10.2. The van der Waals surface area contributed by atoms with Crippen LogP contribution in [0.1, 0.15) is 0 Å². The van der Waals surface area contributed by atoms with Crippen LogP contribution in [0.4, 0.5) is 24.0 Å². The molecule has 8 heteroatoms. The third kappa shape index (κ3) is 3.62. The van der Waals surface area contributed by atoms with Gasteiger partial charge in [0.2, 0.25) is 0 Å². The van der Waals surface area contributed by atoms with E-state index in [9.17, 15) is 13.2 Å². The number of benzene rings is 1. The van der Waals surface area contributed by atoms with Gasteiger partial charge in [-0.05, 0) is 24.3 Å². The number of alkyl halides is 3. The van der Waals surface area contributed by atoms with Gasteiger partial charge >= 0.3 is 6.36 Å². The quantitative estimate of drug-likeness (QED) is 0.863. The highest BCUT2D eigenvalue weighted by molar-refractivity contribution is 7.13. The summed E-state index contributed by atoms with van der Waals surface area (Å²) in [5.74, 6) is -0.197. The summed E-state index contributed by atoms with van der Waals surface area (Å²) in [5.41, 5.74) is 0.897. The molecule has 1 saturated heterocycles. The molecule has 0 amide bonds. The van der Waals surface area contributed by atoms with Crippen molar-refractivity contribution in [1.82, 2.24) is 4.98 Å². The molecule has 0 saturated carbocycles. The Hall–Kier alpha value is -1.96. The Balaban J connectivity index is 1.59. The van der Waals surface area contributed by atoms with Gasteiger partial charge in [-0.25, -0.2) is 4.98 Å². The van der Waals surface area contributed by atoms with Crippen molar-refractivity contribution in [1.29, 1.82) is 0 Å². The Kier molecular flexibility index (Phi) is 4.10. The summed E-state index contributed by atoms with van der Waals surface area (Å²) in [5, 5.41) is 2.95. The molecule has 2 aromatic rings. The van der Waals surface area contributed by atoms with Gasteiger partial charge in [0.05, 0.1) is 0 Å². The summed E-state index contributed by atoms with van der Waals surface area (Å²) < 4.78 is 40.3. The molecule has 0 aliphatic carbocycles. The Morgan fingerprint density at radius 1 is 1.00 bits per heavy atom. The van der Waals surface area contributed by atoms with Crippen LogP contribution in [0.15, 0.2) is 35.8 Å². The van der Waals surface area contributed by atoms with Gasteiger partial charge in [0.15, 0.2) is 5.13 Å². The molecule has 0 spiro atoms. The van der Waals surface area contributed by atoms with Crippen LogP contribution >= 0.6 is 11.3 Å². The molecule has 0 radical (unpaired) electrons. The largest absolute Gasteiger partial charge is 0.573 e. The van der Waals surface area contributed by atoms with Crippen LogP contribution in [-0.4, -0.2) is 37.5 Å². The van der Waals surface area contributed by atoms with Crippen molar-refractivity contribution in [2.45, 2.75) is 6.36 Å². The number of halogens is 3. The van der Waals surface area contributed by atoms with Crippen LogP contribution in [0.2, 0.25) is 0 Å². The zero-order valence-corrected chi connectivity index (χ0v) is 12.4. The molecular formula is C14H14F3N3OS. The minimum Gasteiger partial charge on any atom is -0.406 e. The van der Waals surface area contributed by atoms with Crippen LogP contribution in [-0.2, 0) is 0 Å². The zero-order valence-electron chi connectivity index (χ0n) is 11.6. The maximum atomic E-state index is 12.1. The Labute approximate surface area is 129 Å². The lowest BCUT2D eigenvalue weighted by Crippen LogP contribution is -2.46. The van der Waals surface area contributed by atoms with E-state index in [1.807, 2.05) is 5.38 Å². The monoisotopic (exact) mass is 329 g/mol. The molecule has 1 aliphatic heterocycles. The number of piperazine rings is 1. The molecule has 22 heavy (non-hydrogen) atoms. The highest BCUT2D eigenvalue weighted by Crippen LogP contribution is 2.26. The van der Waals surface area contributed by atoms with Gasteiger partial charge in [0.25, 0.3) is 0 Å². The first-order chi connectivity index (χ1) is 10.5. The van der Waals surface area contributed by atoms with E-state index in [0.717, 1.165) is 37.0 Å². The molecule has 0 bridgehead atoms. The zero-order chi connectivity index (χ0) is 15.6. The van der Waals surface area contributed by atoms with Gasteiger partial charge in [-0.15, -0.1) is 24.5 Å². The number of hydrogen-bond acceptors (Lipinski definition) is 5. The van der Waals surface area contributed by atoms with E-state index in [1.54, 1.807) is 29.7 Å². The van der Waals surface area contributed by atoms with E-state index < -0.39 is 6.36 Å². The lowest BCUT2D eigenvalue weighted by Gasteiger charge is -2.36. The molecule has 2 heterocycles. The summed E-state index contributed by atoms with van der Waals surface area (Å²) in [6, 6.07) is 5.99. The predicted molar refractivity (Wildman–Crippen MR) is 79.7 cm³/mol. The number of nitrogens with zero attached hydrogens (tertiary/aromatic N) is 3. The van der Waals surface area contributed by atoms with Crippen molar-refractivity contribution < 1.29 is 17.9 Å². The summed E-state index contributed by atoms with van der Waals surface area (Å²) in [7, 11) is 0. The first kappa shape index (κ1) is 15.0. The molecule has 1 fully saturated rings. The highest BCUT2D eigenvalue weighted by Gasteiger charge is 2.31. The number of aromatic nitrogens is 1. The second-order valence-corrected chi connectivity index (χ2v) is 5.70. The molecular weight excluding hydrogens is 315 g/mol. The van der Waals surface area contributed by atoms with Crippen molar-refractivity contribution in [3.63, 3.8) is 0 Å². The van der Waals surface area contributed by atoms with E-state index in [1.165, 1.54) is 12.1 Å². The predicted octanol–water partition coefficient (Wildman–Crippen LogP) is 3.37. The summed E-state index contributed by atoms with van der Waals surface area (Å²) in [4.78, 5) is 8.64. The molecule has 1 aliphatic rings. The fourth-order valence-electron chi connectivity index (χ4n) is 2.39. The van der Waals surface area contributed by atoms with E-state index >= 15 is 0 Å². The summed E-state index contributed by atoms with van der Waals surface area (Å²) in [6.07, 6.45) is -2.87. The highest BCUT2D eigenvalue weighted by atomic mass is 32.1. The van der Waals surface area contributed by atoms with Gasteiger partial charge in [-0.1, -0.05) is 0 Å². The van der Waals surface area contributed by atoms with Crippen molar-refractivity contribution >= 4 is 22.2 Å². The average Bonchev–Trinajstić information content (AvgIpc) is 3.01. The standard InChI is InChI=1S/C14H14F3N3OS/c15-14(16,17)21-12-3-1-11(2-4-12)19-6-8-20(9-7-19)13-18-5-10-22-13/h1-5,10H,6-9H2. The Bertz CT molecular complexity index is 593. The molecule has 0 N–H and O–H groups in total. The van der Waals surface area contributed by atoms with Crippen molar-refractivity contribution in [2.24, 2.45) is 0 Å². The topological polar surface area (TPSA) is 28.6 Å². The molecule has 118 valence electrons. The number of rotatable bonds is 3. The third-order valence-corrected chi connectivity index (χ3v) is 4.24. The number of hydrogen-bond donors (Lipinski definition) is 0. The van der Waals surface area contributed by atoms with Crippen LogP contribution in [0.25, 0.3) is 0 Å². The fraction of sp³-hybridized carbons (Fsp3) is 0.357. The van der Waals surface area contributed by atoms with E-state index in [4.69, 9.17) is 0 Å². The number of ether oxygens (including phenoxy) is 1. The second kappa shape index (κ2) is 6.04. The SMILES string of the molecule is FC(F)(F)Oc1ccc(N2CCN(c3nccs3)CC2)cc1. The van der Waals surface area contributed by atoms with E-state index in [-0.39, 0.29) is 5.75 Å². The van der Waals surface area contributed by atoms with Crippen LogP contribution < -0.4 is 14.5 Å². The molecule has 1 aromatic heterocycles. The third-order valence-electron chi connectivity index (χ3n) is 3.40. The minimum absolute atomic E-state index is 0.197. The number of anilines is 2. The Morgan fingerprint density at radius 2 is 1.64 bits per heavy atom. The summed E-state index contributed by atoms with van der Waals surface area (Å²) in [6.45, 7) is 3.29. The maximum absolute atomic E-state index is 12.1.